The van der Waals surface area contributed by atoms with Crippen LogP contribution in [0.15, 0.2) is 28.0 Å². The number of benzene rings is 1. The molecule has 8 nitrogen and oxygen atoms in total. The molecular weight excluding hydrogens is 464 g/mol. The molecule has 2 aliphatic rings. The smallest absolute Gasteiger partial charge is 0.348 e. The van der Waals surface area contributed by atoms with Crippen LogP contribution in [-0.2, 0) is 28.9 Å². The molecule has 0 bridgehead atoms. The van der Waals surface area contributed by atoms with E-state index < -0.39 is 0 Å². The lowest BCUT2D eigenvalue weighted by Gasteiger charge is -2.28. The van der Waals surface area contributed by atoms with Crippen LogP contribution in [-0.4, -0.2) is 66.1 Å². The van der Waals surface area contributed by atoms with Crippen molar-refractivity contribution in [2.24, 2.45) is 0 Å². The summed E-state index contributed by atoms with van der Waals surface area (Å²) in [5, 5.41) is 4.02. The van der Waals surface area contributed by atoms with Gasteiger partial charge in [0.2, 0.25) is 5.91 Å². The minimum Gasteiger partial charge on any atom is -0.495 e. The van der Waals surface area contributed by atoms with Crippen LogP contribution in [0.25, 0.3) is 0 Å². The van der Waals surface area contributed by atoms with E-state index in [0.717, 1.165) is 69.8 Å². The molecule has 0 saturated carbocycles. The van der Waals surface area contributed by atoms with Gasteiger partial charge in [-0.25, -0.2) is 4.79 Å². The number of hydrogen-bond donors (Lipinski definition) is 1. The average molecular weight is 493 g/mol. The number of nitrogens with one attached hydrogen (secondary N) is 1. The molecular formula is C23H29ClN4O4S. The number of ether oxygens (including phenoxy) is 2. The Labute approximate surface area is 202 Å². The van der Waals surface area contributed by atoms with Gasteiger partial charge in [0.15, 0.2) is 0 Å². The Balaban J connectivity index is 1.45. The van der Waals surface area contributed by atoms with Gasteiger partial charge in [-0.3, -0.25) is 14.3 Å². The van der Waals surface area contributed by atoms with Crippen molar-refractivity contribution >= 4 is 35.0 Å². The number of morpholine rings is 1. The number of fused-ring (bicyclic) bond motifs is 1. The number of anilines is 1. The summed E-state index contributed by atoms with van der Waals surface area (Å²) in [5.41, 5.74) is 2.47. The van der Waals surface area contributed by atoms with Crippen LogP contribution in [0.2, 0.25) is 5.02 Å². The third-order valence-corrected chi connectivity index (χ3v) is 7.22. The van der Waals surface area contributed by atoms with Crippen molar-refractivity contribution in [2.45, 2.75) is 37.3 Å². The molecule has 33 heavy (non-hydrogen) atoms. The number of carbonyl (C=O) groups is 1. The lowest BCUT2D eigenvalue weighted by Crippen LogP contribution is -2.40. The third kappa shape index (κ3) is 6.09. The van der Waals surface area contributed by atoms with Crippen molar-refractivity contribution in [2.75, 3.05) is 51.0 Å². The highest BCUT2D eigenvalue weighted by Crippen LogP contribution is 2.30. The number of hydrogen-bond acceptors (Lipinski definition) is 7. The molecule has 1 aromatic heterocycles. The van der Waals surface area contributed by atoms with E-state index in [4.69, 9.17) is 21.1 Å². The number of rotatable bonds is 8. The summed E-state index contributed by atoms with van der Waals surface area (Å²) in [6.45, 7) is 4.71. The van der Waals surface area contributed by atoms with Crippen LogP contribution >= 0.6 is 23.4 Å². The summed E-state index contributed by atoms with van der Waals surface area (Å²) in [4.78, 5) is 32.2. The van der Waals surface area contributed by atoms with E-state index in [1.54, 1.807) is 18.2 Å². The lowest BCUT2D eigenvalue weighted by molar-refractivity contribution is -0.113. The summed E-state index contributed by atoms with van der Waals surface area (Å²) < 4.78 is 12.5. The van der Waals surface area contributed by atoms with Crippen LogP contribution in [0.4, 0.5) is 5.69 Å². The minimum atomic E-state index is -0.233. The highest BCUT2D eigenvalue weighted by molar-refractivity contribution is 8.00. The normalized spacial score (nSPS) is 16.3. The van der Waals surface area contributed by atoms with Crippen LogP contribution in [0.3, 0.4) is 0 Å². The average Bonchev–Trinajstić information content (AvgIpc) is 2.83. The first-order valence-corrected chi connectivity index (χ1v) is 12.6. The van der Waals surface area contributed by atoms with E-state index in [1.165, 1.54) is 18.9 Å². The molecule has 1 aromatic carbocycles. The monoisotopic (exact) mass is 492 g/mol. The van der Waals surface area contributed by atoms with Gasteiger partial charge in [-0.15, -0.1) is 0 Å². The Morgan fingerprint density at radius 2 is 2.03 bits per heavy atom. The van der Waals surface area contributed by atoms with Crippen LogP contribution < -0.4 is 15.7 Å². The van der Waals surface area contributed by atoms with Gasteiger partial charge < -0.3 is 14.8 Å². The van der Waals surface area contributed by atoms with E-state index in [2.05, 4.69) is 15.2 Å². The fraction of sp³-hybridized carbons (Fsp3) is 0.522. The molecule has 1 N–H and O–H groups in total. The summed E-state index contributed by atoms with van der Waals surface area (Å²) in [5.74, 6) is 0.478. The first-order valence-electron chi connectivity index (χ1n) is 11.2. The maximum Gasteiger partial charge on any atom is 0.348 e. The third-order valence-electron chi connectivity index (χ3n) is 5.97. The Morgan fingerprint density at radius 3 is 2.82 bits per heavy atom. The highest BCUT2D eigenvalue weighted by atomic mass is 35.5. The van der Waals surface area contributed by atoms with Crippen molar-refractivity contribution in [3.63, 3.8) is 0 Å². The molecule has 2 aromatic rings. The molecule has 4 rings (SSSR count). The van der Waals surface area contributed by atoms with Crippen molar-refractivity contribution < 1.29 is 14.3 Å². The fourth-order valence-electron chi connectivity index (χ4n) is 4.26. The molecule has 10 heteroatoms. The Morgan fingerprint density at radius 1 is 1.24 bits per heavy atom. The zero-order chi connectivity index (χ0) is 23.2. The van der Waals surface area contributed by atoms with Crippen molar-refractivity contribution in [3.8, 4) is 5.75 Å². The maximum absolute atomic E-state index is 12.9. The zero-order valence-electron chi connectivity index (χ0n) is 18.8. The molecule has 1 aliphatic heterocycles. The number of halogens is 1. The minimum absolute atomic E-state index is 0.145. The van der Waals surface area contributed by atoms with Crippen molar-refractivity contribution in [1.82, 2.24) is 14.5 Å². The van der Waals surface area contributed by atoms with Gasteiger partial charge in [0.1, 0.15) is 10.8 Å². The van der Waals surface area contributed by atoms with Gasteiger partial charge >= 0.3 is 5.69 Å². The van der Waals surface area contributed by atoms with E-state index in [0.29, 0.717) is 28.0 Å². The van der Waals surface area contributed by atoms with Crippen LogP contribution in [0.1, 0.15) is 24.1 Å². The van der Waals surface area contributed by atoms with E-state index >= 15 is 0 Å². The number of thioether (sulfide) groups is 1. The first kappa shape index (κ1) is 24.1. The van der Waals surface area contributed by atoms with E-state index in [9.17, 15) is 9.59 Å². The zero-order valence-corrected chi connectivity index (χ0v) is 20.3. The fourth-order valence-corrected chi connectivity index (χ4v) is 5.31. The second-order valence-corrected chi connectivity index (χ2v) is 9.52. The van der Waals surface area contributed by atoms with Gasteiger partial charge in [0.25, 0.3) is 0 Å². The van der Waals surface area contributed by atoms with Gasteiger partial charge in [0.05, 0.1) is 31.8 Å². The maximum atomic E-state index is 12.9. The van der Waals surface area contributed by atoms with Gasteiger partial charge in [-0.2, -0.15) is 4.98 Å². The standard InChI is InChI=1S/C23H29ClN4O4S/c1-31-20-7-6-16(24)14-18(20)25-21(29)15-33-22-17-4-2-3-5-19(17)28(23(30)26-22)9-8-27-10-12-32-13-11-27/h6-7,14H,2-5,8-13,15H2,1H3,(H,25,29). The van der Waals surface area contributed by atoms with Crippen LogP contribution in [0, 0.1) is 0 Å². The Kier molecular flexibility index (Phi) is 8.29. The first-order chi connectivity index (χ1) is 16.0. The molecule has 0 unspecified atom stereocenters. The molecule has 178 valence electrons. The number of nitrogens with zero attached hydrogens (tertiary/aromatic N) is 3. The van der Waals surface area contributed by atoms with Gasteiger partial charge in [0, 0.05) is 42.5 Å². The summed E-state index contributed by atoms with van der Waals surface area (Å²) in [6, 6.07) is 5.06. The Bertz CT molecular complexity index is 1060. The lowest BCUT2D eigenvalue weighted by atomic mass is 9.97. The second-order valence-electron chi connectivity index (χ2n) is 8.12. The quantitative estimate of drug-likeness (QED) is 0.448. The molecule has 2 heterocycles. The SMILES string of the molecule is COc1ccc(Cl)cc1NC(=O)CSc1nc(=O)n(CCN2CCOCC2)c2c1CCCC2. The molecule has 1 fully saturated rings. The van der Waals surface area contributed by atoms with E-state index in [-0.39, 0.29) is 17.3 Å². The number of carbonyl (C=O) groups excluding carboxylic acids is 1. The number of methoxy groups -OCH3 is 1. The number of amides is 1. The molecule has 1 aliphatic carbocycles. The molecule has 1 amide bonds. The van der Waals surface area contributed by atoms with Crippen molar-refractivity contribution in [3.05, 3.63) is 45.0 Å². The topological polar surface area (TPSA) is 85.7 Å². The summed E-state index contributed by atoms with van der Waals surface area (Å²) in [6.07, 6.45) is 3.88. The second kappa shape index (κ2) is 11.4. The highest BCUT2D eigenvalue weighted by Gasteiger charge is 2.22. The largest absolute Gasteiger partial charge is 0.495 e. The van der Waals surface area contributed by atoms with Gasteiger partial charge in [-0.1, -0.05) is 23.4 Å². The molecule has 0 atom stereocenters. The van der Waals surface area contributed by atoms with Crippen molar-refractivity contribution in [1.29, 1.82) is 0 Å². The Hall–Kier alpha value is -2.07. The van der Waals surface area contributed by atoms with Crippen LogP contribution in [0.5, 0.6) is 5.75 Å². The van der Waals surface area contributed by atoms with E-state index in [1.807, 2.05) is 4.57 Å². The molecule has 0 radical (unpaired) electrons. The van der Waals surface area contributed by atoms with Gasteiger partial charge in [-0.05, 0) is 43.9 Å². The number of aromatic nitrogens is 2. The summed E-state index contributed by atoms with van der Waals surface area (Å²) in [7, 11) is 1.54. The molecule has 0 spiro atoms. The predicted octanol–water partition coefficient (Wildman–Crippen LogP) is 2.85. The molecule has 1 saturated heterocycles. The predicted molar refractivity (Wildman–Crippen MR) is 130 cm³/mol. The summed E-state index contributed by atoms with van der Waals surface area (Å²) >= 11 is 7.36.